The molecule has 0 bridgehead atoms. The van der Waals surface area contributed by atoms with Crippen molar-refractivity contribution in [2.45, 2.75) is 0 Å². The van der Waals surface area contributed by atoms with E-state index in [-0.39, 0.29) is 0 Å². The summed E-state index contributed by atoms with van der Waals surface area (Å²) in [5, 5.41) is 5.17. The van der Waals surface area contributed by atoms with Gasteiger partial charge >= 0.3 is 0 Å². The second kappa shape index (κ2) is 6.16. The molecule has 0 unspecified atom stereocenters. The van der Waals surface area contributed by atoms with Crippen LogP contribution in [0.1, 0.15) is 0 Å². The normalized spacial score (nSPS) is 11.1. The molecule has 0 N–H and O–H groups in total. The zero-order valence-corrected chi connectivity index (χ0v) is 14.4. The molecule has 0 nitrogen and oxygen atoms in total. The third kappa shape index (κ3) is 2.39. The van der Waals surface area contributed by atoms with E-state index < -0.39 is 0 Å². The Kier molecular flexibility index (Phi) is 3.54. The van der Waals surface area contributed by atoms with Gasteiger partial charge in [-0.15, -0.1) is 0 Å². The summed E-state index contributed by atoms with van der Waals surface area (Å²) in [4.78, 5) is 0. The van der Waals surface area contributed by atoms with Crippen molar-refractivity contribution in [3.8, 4) is 22.3 Å². The van der Waals surface area contributed by atoms with Crippen molar-refractivity contribution in [1.29, 1.82) is 0 Å². The first-order chi connectivity index (χ1) is 12.9. The lowest BCUT2D eigenvalue weighted by atomic mass is 9.90. The van der Waals surface area contributed by atoms with Gasteiger partial charge in [-0.1, -0.05) is 109 Å². The highest BCUT2D eigenvalue weighted by Gasteiger charge is 2.10. The maximum absolute atomic E-state index is 2.27. The lowest BCUT2D eigenvalue weighted by molar-refractivity contribution is 1.64. The molecule has 0 aliphatic carbocycles. The van der Waals surface area contributed by atoms with Crippen LogP contribution in [0, 0.1) is 0 Å². The van der Waals surface area contributed by atoms with Gasteiger partial charge in [0.15, 0.2) is 0 Å². The highest BCUT2D eigenvalue weighted by atomic mass is 14.1. The van der Waals surface area contributed by atoms with Gasteiger partial charge in [0.25, 0.3) is 0 Å². The van der Waals surface area contributed by atoms with Crippen molar-refractivity contribution in [3.63, 3.8) is 0 Å². The zero-order chi connectivity index (χ0) is 17.3. The van der Waals surface area contributed by atoms with Crippen LogP contribution in [0.15, 0.2) is 109 Å². The first-order valence-electron chi connectivity index (χ1n) is 8.97. The van der Waals surface area contributed by atoms with Gasteiger partial charge in [-0.25, -0.2) is 0 Å². The van der Waals surface area contributed by atoms with Gasteiger partial charge in [-0.3, -0.25) is 0 Å². The van der Waals surface area contributed by atoms with E-state index in [1.165, 1.54) is 43.8 Å². The van der Waals surface area contributed by atoms with Crippen LogP contribution in [0.5, 0.6) is 0 Å². The fourth-order valence-corrected chi connectivity index (χ4v) is 3.86. The minimum Gasteiger partial charge on any atom is -0.0622 e. The van der Waals surface area contributed by atoms with Crippen LogP contribution in [-0.2, 0) is 0 Å². The average molecular weight is 330 g/mol. The molecule has 0 heterocycles. The molecule has 0 spiro atoms. The maximum Gasteiger partial charge on any atom is -0.00987 e. The van der Waals surface area contributed by atoms with Crippen molar-refractivity contribution in [1.82, 2.24) is 0 Å². The molecule has 5 aromatic rings. The largest absolute Gasteiger partial charge is 0.0622 e. The van der Waals surface area contributed by atoms with Crippen molar-refractivity contribution in [2.24, 2.45) is 0 Å². The van der Waals surface area contributed by atoms with Crippen LogP contribution in [0.3, 0.4) is 0 Å². The number of hydrogen-bond donors (Lipinski definition) is 0. The maximum atomic E-state index is 2.27. The van der Waals surface area contributed by atoms with Crippen LogP contribution < -0.4 is 0 Å². The Balaban J connectivity index is 1.83. The van der Waals surface area contributed by atoms with E-state index in [0.29, 0.717) is 0 Å². The van der Waals surface area contributed by atoms with E-state index in [1.807, 2.05) is 0 Å². The minimum atomic E-state index is 1.26. The van der Waals surface area contributed by atoms with Crippen molar-refractivity contribution < 1.29 is 0 Å². The fraction of sp³-hybridized carbons (Fsp3) is 0. The molecule has 0 radical (unpaired) electrons. The first-order valence-corrected chi connectivity index (χ1v) is 8.97. The summed E-state index contributed by atoms with van der Waals surface area (Å²) in [6, 6.07) is 39.0. The quantitative estimate of drug-likeness (QED) is 0.318. The zero-order valence-electron chi connectivity index (χ0n) is 14.4. The van der Waals surface area contributed by atoms with E-state index in [1.54, 1.807) is 0 Å². The predicted molar refractivity (Wildman–Crippen MR) is 112 cm³/mol. The SMILES string of the molecule is c1ccc(-c2ccc(-c3cccc4ccccc34)c3ccccc23)cc1. The predicted octanol–water partition coefficient (Wildman–Crippen LogP) is 7.33. The topological polar surface area (TPSA) is 0 Å². The van der Waals surface area contributed by atoms with E-state index in [4.69, 9.17) is 0 Å². The van der Waals surface area contributed by atoms with Gasteiger partial charge in [0.05, 0.1) is 0 Å². The summed E-state index contributed by atoms with van der Waals surface area (Å²) >= 11 is 0. The fourth-order valence-electron chi connectivity index (χ4n) is 3.86. The molecule has 0 heteroatoms. The standard InChI is InChI=1S/C26H18/c1-2-9-19(10-3-1)22-17-18-26(25-15-7-6-14-23(22)25)24-16-8-12-20-11-4-5-13-21(20)24/h1-18H. The van der Waals surface area contributed by atoms with Crippen molar-refractivity contribution >= 4 is 21.5 Å². The molecule has 0 saturated carbocycles. The second-order valence-electron chi connectivity index (χ2n) is 6.60. The molecule has 5 aromatic carbocycles. The van der Waals surface area contributed by atoms with Gasteiger partial charge < -0.3 is 0 Å². The summed E-state index contributed by atoms with van der Waals surface area (Å²) in [6.45, 7) is 0. The molecule has 5 rings (SSSR count). The summed E-state index contributed by atoms with van der Waals surface area (Å²) in [6.07, 6.45) is 0. The number of hydrogen-bond acceptors (Lipinski definition) is 0. The van der Waals surface area contributed by atoms with Gasteiger partial charge in [0.1, 0.15) is 0 Å². The summed E-state index contributed by atoms with van der Waals surface area (Å²) in [5.41, 5.74) is 5.12. The van der Waals surface area contributed by atoms with Gasteiger partial charge in [0.2, 0.25) is 0 Å². The van der Waals surface area contributed by atoms with Gasteiger partial charge in [-0.2, -0.15) is 0 Å². The van der Waals surface area contributed by atoms with Crippen LogP contribution in [0.25, 0.3) is 43.8 Å². The molecule has 26 heavy (non-hydrogen) atoms. The third-order valence-corrected chi connectivity index (χ3v) is 5.09. The number of rotatable bonds is 2. The highest BCUT2D eigenvalue weighted by Crippen LogP contribution is 2.38. The molecule has 0 aliphatic heterocycles. The van der Waals surface area contributed by atoms with E-state index in [0.717, 1.165) is 0 Å². The van der Waals surface area contributed by atoms with E-state index >= 15 is 0 Å². The lowest BCUT2D eigenvalue weighted by Crippen LogP contribution is -1.87. The first kappa shape index (κ1) is 14.9. The van der Waals surface area contributed by atoms with E-state index in [2.05, 4.69) is 109 Å². The van der Waals surface area contributed by atoms with Gasteiger partial charge in [0, 0.05) is 0 Å². The van der Waals surface area contributed by atoms with Crippen molar-refractivity contribution in [2.75, 3.05) is 0 Å². The minimum absolute atomic E-state index is 1.26. The Morgan fingerprint density at radius 2 is 0.846 bits per heavy atom. The summed E-state index contributed by atoms with van der Waals surface area (Å²) in [5.74, 6) is 0. The Morgan fingerprint density at radius 1 is 0.308 bits per heavy atom. The monoisotopic (exact) mass is 330 g/mol. The summed E-state index contributed by atoms with van der Waals surface area (Å²) < 4.78 is 0. The molecule has 0 amide bonds. The molecule has 0 aliphatic rings. The lowest BCUT2D eigenvalue weighted by Gasteiger charge is -2.14. The molecule has 122 valence electrons. The van der Waals surface area contributed by atoms with Gasteiger partial charge in [-0.05, 0) is 43.8 Å². The number of benzene rings is 5. The Bertz CT molecular complexity index is 1210. The molecular weight excluding hydrogens is 312 g/mol. The molecule has 0 fully saturated rings. The third-order valence-electron chi connectivity index (χ3n) is 5.09. The Morgan fingerprint density at radius 3 is 1.65 bits per heavy atom. The average Bonchev–Trinajstić information content (AvgIpc) is 2.73. The van der Waals surface area contributed by atoms with E-state index in [9.17, 15) is 0 Å². The van der Waals surface area contributed by atoms with Crippen LogP contribution >= 0.6 is 0 Å². The molecular formula is C26H18. The molecule has 0 saturated heterocycles. The Hall–Kier alpha value is -3.38. The molecule has 0 aromatic heterocycles. The van der Waals surface area contributed by atoms with Crippen LogP contribution in [-0.4, -0.2) is 0 Å². The van der Waals surface area contributed by atoms with Crippen molar-refractivity contribution in [3.05, 3.63) is 109 Å². The second-order valence-corrected chi connectivity index (χ2v) is 6.60. The van der Waals surface area contributed by atoms with Crippen LogP contribution in [0.2, 0.25) is 0 Å². The Labute approximate surface area is 153 Å². The molecule has 0 atom stereocenters. The van der Waals surface area contributed by atoms with Crippen LogP contribution in [0.4, 0.5) is 0 Å². The number of fused-ring (bicyclic) bond motifs is 2. The smallest absolute Gasteiger partial charge is 0.00987 e. The highest BCUT2D eigenvalue weighted by molar-refractivity contribution is 6.09. The summed E-state index contributed by atoms with van der Waals surface area (Å²) in [7, 11) is 0.